The van der Waals surface area contributed by atoms with E-state index in [9.17, 15) is 5.11 Å². The number of para-hydroxylation sites is 1. The van der Waals surface area contributed by atoms with Gasteiger partial charge in [0.1, 0.15) is 11.6 Å². The number of nitrogens with two attached hydrogens (primary N) is 1. The van der Waals surface area contributed by atoms with Gasteiger partial charge < -0.3 is 25.4 Å². The van der Waals surface area contributed by atoms with Crippen molar-refractivity contribution in [2.75, 3.05) is 68.0 Å². The number of phenolic OH excluding ortho intramolecular Hbond substituents is 1. The number of ether oxygens (including phenoxy) is 1. The molecule has 3 aliphatic heterocycles. The van der Waals surface area contributed by atoms with Crippen LogP contribution >= 0.6 is 0 Å². The highest BCUT2D eigenvalue weighted by Crippen LogP contribution is 2.38. The molecule has 3 saturated heterocycles. The van der Waals surface area contributed by atoms with Gasteiger partial charge in [0.15, 0.2) is 5.82 Å². The van der Waals surface area contributed by atoms with Crippen LogP contribution in [0.2, 0.25) is 0 Å². The highest BCUT2D eigenvalue weighted by molar-refractivity contribution is 5.74. The van der Waals surface area contributed by atoms with Gasteiger partial charge in [0.2, 0.25) is 5.82 Å². The molecule has 2 aromatic heterocycles. The summed E-state index contributed by atoms with van der Waals surface area (Å²) in [6.45, 7) is 9.27. The molecule has 40 heavy (non-hydrogen) atoms. The molecular formula is C30H36N8O2. The number of phenols is 1. The molecular weight excluding hydrogens is 504 g/mol. The van der Waals surface area contributed by atoms with Crippen molar-refractivity contribution in [3.63, 3.8) is 0 Å². The van der Waals surface area contributed by atoms with Crippen LogP contribution in [0.4, 0.5) is 17.3 Å². The number of nitrogens with zero attached hydrogens (tertiary/aromatic N) is 7. The van der Waals surface area contributed by atoms with E-state index >= 15 is 0 Å². The lowest BCUT2D eigenvalue weighted by molar-refractivity contribution is -0.138. The van der Waals surface area contributed by atoms with Gasteiger partial charge in [-0.1, -0.05) is 18.1 Å². The maximum atomic E-state index is 10.3. The Hall–Kier alpha value is -3.94. The smallest absolute Gasteiger partial charge is 0.206 e. The van der Waals surface area contributed by atoms with E-state index in [1.54, 1.807) is 18.3 Å². The molecule has 3 aliphatic rings. The van der Waals surface area contributed by atoms with Gasteiger partial charge in [-0.2, -0.15) is 0 Å². The number of nitrogen functional groups attached to an aromatic ring is 1. The third kappa shape index (κ3) is 5.53. The van der Waals surface area contributed by atoms with Crippen LogP contribution in [-0.2, 0) is 4.74 Å². The first kappa shape index (κ1) is 26.3. The third-order valence-electron chi connectivity index (χ3n) is 8.45. The van der Waals surface area contributed by atoms with Gasteiger partial charge >= 0.3 is 0 Å². The summed E-state index contributed by atoms with van der Waals surface area (Å²) in [7, 11) is 0. The Morgan fingerprint density at radius 3 is 2.67 bits per heavy atom. The van der Waals surface area contributed by atoms with E-state index in [0.29, 0.717) is 28.3 Å². The molecule has 0 bridgehead atoms. The minimum Gasteiger partial charge on any atom is -0.507 e. The number of hydrogen-bond acceptors (Lipinski definition) is 10. The Bertz CT molecular complexity index is 1410. The summed E-state index contributed by atoms with van der Waals surface area (Å²) in [6.07, 6.45) is 5.11. The summed E-state index contributed by atoms with van der Waals surface area (Å²) < 4.78 is 5.44. The Morgan fingerprint density at radius 2 is 1.90 bits per heavy atom. The van der Waals surface area contributed by atoms with Crippen LogP contribution in [0.25, 0.3) is 11.3 Å². The number of anilines is 3. The average Bonchev–Trinajstić information content (AvgIpc) is 3.15. The normalized spacial score (nSPS) is 20.9. The predicted molar refractivity (Wildman–Crippen MR) is 155 cm³/mol. The van der Waals surface area contributed by atoms with Crippen molar-refractivity contribution in [1.29, 1.82) is 0 Å². The van der Waals surface area contributed by atoms with E-state index in [1.807, 2.05) is 24.3 Å². The number of aromatic hydroxyl groups is 1. The zero-order valence-corrected chi connectivity index (χ0v) is 23.0. The molecule has 0 radical (unpaired) electrons. The van der Waals surface area contributed by atoms with E-state index in [4.69, 9.17) is 15.5 Å². The zero-order chi connectivity index (χ0) is 27.5. The average molecular weight is 541 g/mol. The van der Waals surface area contributed by atoms with Crippen LogP contribution in [0.15, 0.2) is 42.6 Å². The van der Waals surface area contributed by atoms with Crippen LogP contribution in [-0.4, -0.2) is 88.7 Å². The second kappa shape index (κ2) is 11.3. The van der Waals surface area contributed by atoms with E-state index in [0.717, 1.165) is 70.4 Å². The second-order valence-electron chi connectivity index (χ2n) is 11.1. The van der Waals surface area contributed by atoms with Gasteiger partial charge in [-0.3, -0.25) is 4.90 Å². The third-order valence-corrected chi connectivity index (χ3v) is 8.45. The largest absolute Gasteiger partial charge is 0.507 e. The highest BCUT2D eigenvalue weighted by atomic mass is 16.5. The van der Waals surface area contributed by atoms with E-state index < -0.39 is 0 Å². The molecule has 3 fully saturated rings. The number of likely N-dealkylation sites (tertiary alicyclic amines) is 1. The number of benzene rings is 1. The molecule has 0 amide bonds. The fourth-order valence-electron chi connectivity index (χ4n) is 5.77. The molecule has 10 heteroatoms. The Kier molecular flexibility index (Phi) is 7.41. The first-order valence-corrected chi connectivity index (χ1v) is 14.0. The highest BCUT2D eigenvalue weighted by Gasteiger charge is 2.40. The van der Waals surface area contributed by atoms with Crippen molar-refractivity contribution in [2.24, 2.45) is 5.41 Å². The molecule has 0 unspecified atom stereocenters. The van der Waals surface area contributed by atoms with Crippen LogP contribution in [0.3, 0.4) is 0 Å². The minimum atomic E-state index is 0.166. The van der Waals surface area contributed by atoms with Crippen LogP contribution in [0.5, 0.6) is 5.75 Å². The topological polar surface area (TPSA) is 117 Å². The summed E-state index contributed by atoms with van der Waals surface area (Å²) in [5, 5.41) is 18.7. The summed E-state index contributed by atoms with van der Waals surface area (Å²) >= 11 is 0. The molecule has 0 saturated carbocycles. The summed E-state index contributed by atoms with van der Waals surface area (Å²) in [6, 6.07) is 11.3. The van der Waals surface area contributed by atoms with Crippen molar-refractivity contribution >= 4 is 17.3 Å². The molecule has 1 spiro atoms. The van der Waals surface area contributed by atoms with Crippen LogP contribution in [0.1, 0.15) is 32.0 Å². The fourth-order valence-corrected chi connectivity index (χ4v) is 5.77. The van der Waals surface area contributed by atoms with Crippen LogP contribution in [0, 0.1) is 17.3 Å². The zero-order valence-electron chi connectivity index (χ0n) is 23.0. The lowest BCUT2D eigenvalue weighted by Gasteiger charge is -2.47. The van der Waals surface area contributed by atoms with Gasteiger partial charge in [-0.05, 0) is 69.5 Å². The van der Waals surface area contributed by atoms with Gasteiger partial charge in [0.05, 0.1) is 31.1 Å². The van der Waals surface area contributed by atoms with Crippen molar-refractivity contribution in [2.45, 2.75) is 32.2 Å². The van der Waals surface area contributed by atoms with E-state index in [1.165, 1.54) is 12.8 Å². The van der Waals surface area contributed by atoms with Gasteiger partial charge in [-0.25, -0.2) is 9.97 Å². The fraction of sp³-hybridized carbons (Fsp3) is 0.467. The van der Waals surface area contributed by atoms with Gasteiger partial charge in [-0.15, -0.1) is 10.2 Å². The first-order valence-electron chi connectivity index (χ1n) is 14.0. The number of aromatic nitrogens is 4. The number of rotatable bonds is 4. The molecule has 208 valence electrons. The lowest BCUT2D eigenvalue weighted by Crippen LogP contribution is -2.50. The summed E-state index contributed by atoms with van der Waals surface area (Å²) in [4.78, 5) is 16.2. The van der Waals surface area contributed by atoms with Crippen molar-refractivity contribution < 1.29 is 9.84 Å². The Labute approximate surface area is 235 Å². The number of hydrogen-bond donors (Lipinski definition) is 2. The molecule has 5 heterocycles. The lowest BCUT2D eigenvalue weighted by atomic mass is 9.77. The second-order valence-corrected chi connectivity index (χ2v) is 11.1. The maximum Gasteiger partial charge on any atom is 0.206 e. The van der Waals surface area contributed by atoms with Crippen molar-refractivity contribution in [1.82, 2.24) is 25.1 Å². The molecule has 1 atom stereocenters. The molecule has 3 aromatic rings. The molecule has 10 nitrogen and oxygen atoms in total. The van der Waals surface area contributed by atoms with Gasteiger partial charge in [0, 0.05) is 42.9 Å². The maximum absolute atomic E-state index is 10.3. The molecule has 6 rings (SSSR count). The SMILES string of the molecule is C[C@@H]1CCN(c2cc(-c3ccccc3O)nnc2N)CCN1c1ccnc(C#CCN2CCC3(CC2)COC3)n1. The monoisotopic (exact) mass is 540 g/mol. The predicted octanol–water partition coefficient (Wildman–Crippen LogP) is 2.79. The van der Waals surface area contributed by atoms with Crippen molar-refractivity contribution in [3.8, 4) is 28.8 Å². The summed E-state index contributed by atoms with van der Waals surface area (Å²) in [5.41, 5.74) is 8.76. The van der Waals surface area contributed by atoms with E-state index in [-0.39, 0.29) is 11.8 Å². The Balaban J connectivity index is 1.12. The molecule has 3 N–H and O–H groups in total. The van der Waals surface area contributed by atoms with Crippen LogP contribution < -0.4 is 15.5 Å². The molecule has 0 aliphatic carbocycles. The minimum absolute atomic E-state index is 0.166. The molecule has 1 aromatic carbocycles. The van der Waals surface area contributed by atoms with Gasteiger partial charge in [0.25, 0.3) is 0 Å². The van der Waals surface area contributed by atoms with Crippen molar-refractivity contribution in [3.05, 3.63) is 48.4 Å². The first-order chi connectivity index (χ1) is 19.5. The quantitative estimate of drug-likeness (QED) is 0.479. The Morgan fingerprint density at radius 1 is 1.07 bits per heavy atom. The number of piperidine rings is 1. The standard InChI is InChI=1S/C30H36N8O2/c1-22-9-14-37(25-19-24(34-35-29(25)31)23-5-2-3-6-26(23)39)17-18-38(22)28-8-12-32-27(33-28)7-4-13-36-15-10-30(11-16-36)20-40-21-30/h2-3,5-6,8,12,19,22,39H,9-11,13-18,20-21H2,1H3,(H2,31,35)/t22-/m1/s1. The van der Waals surface area contributed by atoms with E-state index in [2.05, 4.69) is 48.6 Å². The summed E-state index contributed by atoms with van der Waals surface area (Å²) in [5.74, 6) is 8.47.